The number of hydrogen-bond acceptors (Lipinski definition) is 5. The van der Waals surface area contributed by atoms with Crippen molar-refractivity contribution in [3.8, 4) is 0 Å². The van der Waals surface area contributed by atoms with Gasteiger partial charge in [0, 0.05) is 44.8 Å². The highest BCUT2D eigenvalue weighted by atomic mass is 32.1. The summed E-state index contributed by atoms with van der Waals surface area (Å²) in [4.78, 5) is 16.9. The van der Waals surface area contributed by atoms with Crippen molar-refractivity contribution in [1.82, 2.24) is 19.6 Å². The number of carbonyl (C=O) groups is 1. The Morgan fingerprint density at radius 1 is 1.48 bits per heavy atom. The lowest BCUT2D eigenvalue weighted by atomic mass is 10.2. The van der Waals surface area contributed by atoms with E-state index in [1.54, 1.807) is 30.3 Å². The largest absolute Gasteiger partial charge is 0.369 e. The molecule has 3 heterocycles. The Labute approximate surface area is 140 Å². The maximum absolute atomic E-state index is 11.6. The van der Waals surface area contributed by atoms with Crippen LogP contribution in [0.1, 0.15) is 16.6 Å². The van der Waals surface area contributed by atoms with Crippen LogP contribution in [-0.2, 0) is 22.6 Å². The summed E-state index contributed by atoms with van der Waals surface area (Å²) in [5.74, 6) is -0.0167. The average Bonchev–Trinajstić information content (AvgIpc) is 3.18. The molecule has 0 aliphatic carbocycles. The second kappa shape index (κ2) is 7.25. The minimum Gasteiger partial charge on any atom is -0.369 e. The van der Waals surface area contributed by atoms with Gasteiger partial charge < -0.3 is 9.64 Å². The number of thiophene rings is 1. The zero-order chi connectivity index (χ0) is 16.2. The highest BCUT2D eigenvalue weighted by Crippen LogP contribution is 2.23. The molecule has 0 fully saturated rings. The molecule has 0 saturated heterocycles. The molecule has 6 nitrogen and oxygen atoms in total. The lowest BCUT2D eigenvalue weighted by Gasteiger charge is -2.33. The zero-order valence-electron chi connectivity index (χ0n) is 13.5. The number of aromatic nitrogens is 2. The molecule has 124 valence electrons. The quantitative estimate of drug-likeness (QED) is 0.805. The topological polar surface area (TPSA) is 50.6 Å². The van der Waals surface area contributed by atoms with E-state index in [2.05, 4.69) is 33.6 Å². The SMILES string of the molecule is CN(C)C(=O)COC[C@H]1CN(Cc2cccs2)Cc2ccnn21. The van der Waals surface area contributed by atoms with E-state index >= 15 is 0 Å². The van der Waals surface area contributed by atoms with Crippen LogP contribution in [0.15, 0.2) is 29.8 Å². The van der Waals surface area contributed by atoms with Gasteiger partial charge >= 0.3 is 0 Å². The maximum Gasteiger partial charge on any atom is 0.248 e. The number of hydrogen-bond donors (Lipinski definition) is 0. The van der Waals surface area contributed by atoms with Crippen LogP contribution in [0.3, 0.4) is 0 Å². The number of likely N-dealkylation sites (N-methyl/N-ethyl adjacent to an activating group) is 1. The van der Waals surface area contributed by atoms with E-state index in [9.17, 15) is 4.79 Å². The van der Waals surface area contributed by atoms with E-state index in [1.807, 2.05) is 10.9 Å². The van der Waals surface area contributed by atoms with Crippen molar-refractivity contribution in [2.24, 2.45) is 0 Å². The summed E-state index contributed by atoms with van der Waals surface area (Å²) < 4.78 is 7.66. The van der Waals surface area contributed by atoms with Crippen LogP contribution >= 0.6 is 11.3 Å². The summed E-state index contributed by atoms with van der Waals surface area (Å²) >= 11 is 1.78. The van der Waals surface area contributed by atoms with Gasteiger partial charge in [-0.05, 0) is 17.5 Å². The Hall–Kier alpha value is -1.70. The van der Waals surface area contributed by atoms with E-state index in [1.165, 1.54) is 10.6 Å². The summed E-state index contributed by atoms with van der Waals surface area (Å²) in [5.41, 5.74) is 1.19. The zero-order valence-corrected chi connectivity index (χ0v) is 14.3. The number of nitrogens with zero attached hydrogens (tertiary/aromatic N) is 4. The summed E-state index contributed by atoms with van der Waals surface area (Å²) in [6.07, 6.45) is 1.84. The lowest BCUT2D eigenvalue weighted by molar-refractivity contribution is -0.134. The van der Waals surface area contributed by atoms with Crippen molar-refractivity contribution < 1.29 is 9.53 Å². The van der Waals surface area contributed by atoms with Crippen LogP contribution in [0.4, 0.5) is 0 Å². The van der Waals surface area contributed by atoms with Crippen molar-refractivity contribution in [2.75, 3.05) is 33.9 Å². The number of amides is 1. The summed E-state index contributed by atoms with van der Waals surface area (Å²) in [7, 11) is 3.47. The van der Waals surface area contributed by atoms with Gasteiger partial charge in [-0.25, -0.2) is 0 Å². The van der Waals surface area contributed by atoms with Gasteiger partial charge in [-0.2, -0.15) is 5.10 Å². The minimum absolute atomic E-state index is 0.0167. The Morgan fingerprint density at radius 2 is 2.35 bits per heavy atom. The minimum atomic E-state index is -0.0167. The van der Waals surface area contributed by atoms with Gasteiger partial charge in [0.15, 0.2) is 0 Å². The molecule has 7 heteroatoms. The van der Waals surface area contributed by atoms with Gasteiger partial charge in [-0.1, -0.05) is 6.07 Å². The third-order valence-corrected chi connectivity index (χ3v) is 4.81. The molecular weight excluding hydrogens is 312 g/mol. The average molecular weight is 334 g/mol. The molecule has 23 heavy (non-hydrogen) atoms. The number of rotatable bonds is 6. The fourth-order valence-corrected chi connectivity index (χ4v) is 3.49. The van der Waals surface area contributed by atoms with Gasteiger partial charge in [0.1, 0.15) is 6.61 Å². The first-order valence-electron chi connectivity index (χ1n) is 7.68. The molecule has 0 radical (unpaired) electrons. The van der Waals surface area contributed by atoms with Gasteiger partial charge in [0.05, 0.1) is 18.3 Å². The molecule has 0 N–H and O–H groups in total. The monoisotopic (exact) mass is 334 g/mol. The number of fused-ring (bicyclic) bond motifs is 1. The van der Waals surface area contributed by atoms with Gasteiger partial charge in [-0.15, -0.1) is 11.3 Å². The van der Waals surface area contributed by atoms with E-state index in [-0.39, 0.29) is 18.6 Å². The van der Waals surface area contributed by atoms with Crippen LogP contribution in [-0.4, -0.2) is 59.3 Å². The molecule has 1 aliphatic heterocycles. The standard InChI is InChI=1S/C16H22N4O2S/c1-18(2)16(21)12-22-11-14-9-19(10-15-4-3-7-23-15)8-13-5-6-17-20(13)14/h3-7,14H,8-12H2,1-2H3/t14-/m1/s1. The Morgan fingerprint density at radius 3 is 3.09 bits per heavy atom. The second-order valence-corrected chi connectivity index (χ2v) is 7.01. The fourth-order valence-electron chi connectivity index (χ4n) is 2.74. The van der Waals surface area contributed by atoms with Crippen LogP contribution in [0, 0.1) is 0 Å². The van der Waals surface area contributed by atoms with E-state index < -0.39 is 0 Å². The molecule has 0 spiro atoms. The van der Waals surface area contributed by atoms with Crippen LogP contribution in [0.5, 0.6) is 0 Å². The second-order valence-electron chi connectivity index (χ2n) is 5.97. The Bertz CT molecular complexity index is 638. The maximum atomic E-state index is 11.6. The molecule has 1 aliphatic rings. The van der Waals surface area contributed by atoms with Crippen molar-refractivity contribution in [3.63, 3.8) is 0 Å². The number of carbonyl (C=O) groups excluding carboxylic acids is 1. The molecule has 3 rings (SSSR count). The molecule has 0 bridgehead atoms. The van der Waals surface area contributed by atoms with Crippen molar-refractivity contribution in [3.05, 3.63) is 40.3 Å². The Kier molecular flexibility index (Phi) is 5.09. The van der Waals surface area contributed by atoms with Gasteiger partial charge in [0.2, 0.25) is 5.91 Å². The molecule has 2 aromatic heterocycles. The lowest BCUT2D eigenvalue weighted by Crippen LogP contribution is -2.39. The highest BCUT2D eigenvalue weighted by molar-refractivity contribution is 7.09. The first-order valence-corrected chi connectivity index (χ1v) is 8.56. The van der Waals surface area contributed by atoms with Crippen molar-refractivity contribution in [2.45, 2.75) is 19.1 Å². The van der Waals surface area contributed by atoms with Crippen LogP contribution in [0.25, 0.3) is 0 Å². The first-order chi connectivity index (χ1) is 11.1. The third-order valence-electron chi connectivity index (χ3n) is 3.95. The van der Waals surface area contributed by atoms with E-state index in [0.29, 0.717) is 6.61 Å². The fraction of sp³-hybridized carbons (Fsp3) is 0.500. The molecular formula is C16H22N4O2S. The van der Waals surface area contributed by atoms with E-state index in [0.717, 1.165) is 19.6 Å². The van der Waals surface area contributed by atoms with Crippen LogP contribution < -0.4 is 0 Å². The van der Waals surface area contributed by atoms with Gasteiger partial charge in [-0.3, -0.25) is 14.4 Å². The predicted molar refractivity (Wildman–Crippen MR) is 89.2 cm³/mol. The Balaban J connectivity index is 1.61. The van der Waals surface area contributed by atoms with Crippen molar-refractivity contribution >= 4 is 17.2 Å². The normalized spacial score (nSPS) is 17.9. The molecule has 0 unspecified atom stereocenters. The summed E-state index contributed by atoms with van der Waals surface area (Å²) in [5, 5.41) is 6.53. The molecule has 1 amide bonds. The molecule has 1 atom stereocenters. The smallest absolute Gasteiger partial charge is 0.248 e. The summed E-state index contributed by atoms with van der Waals surface area (Å²) in [6, 6.07) is 6.45. The van der Waals surface area contributed by atoms with E-state index in [4.69, 9.17) is 4.74 Å². The number of ether oxygens (including phenoxy) is 1. The third kappa shape index (κ3) is 3.99. The first kappa shape index (κ1) is 16.2. The molecule has 0 aromatic carbocycles. The highest BCUT2D eigenvalue weighted by Gasteiger charge is 2.26. The molecule has 2 aromatic rings. The van der Waals surface area contributed by atoms with Crippen LogP contribution in [0.2, 0.25) is 0 Å². The molecule has 0 saturated carbocycles. The van der Waals surface area contributed by atoms with Gasteiger partial charge in [0.25, 0.3) is 0 Å². The summed E-state index contributed by atoms with van der Waals surface area (Å²) in [6.45, 7) is 3.32. The van der Waals surface area contributed by atoms with Crippen molar-refractivity contribution in [1.29, 1.82) is 0 Å². The predicted octanol–water partition coefficient (Wildman–Crippen LogP) is 1.61.